The second kappa shape index (κ2) is 9.85. The van der Waals surface area contributed by atoms with Gasteiger partial charge in [-0.25, -0.2) is 0 Å². The lowest BCUT2D eigenvalue weighted by molar-refractivity contribution is -0.384. The number of rotatable bonds is 5. The van der Waals surface area contributed by atoms with Gasteiger partial charge in [0.25, 0.3) is 11.6 Å². The maximum absolute atomic E-state index is 12.5. The van der Waals surface area contributed by atoms with Gasteiger partial charge in [0, 0.05) is 50.4 Å². The summed E-state index contributed by atoms with van der Waals surface area (Å²) in [5.74, 6) is -0.0700. The number of benzene rings is 2. The lowest BCUT2D eigenvalue weighted by atomic mass is 10.1. The van der Waals surface area contributed by atoms with Crippen LogP contribution in [0.1, 0.15) is 15.9 Å². The first-order valence-corrected chi connectivity index (χ1v) is 8.61. The predicted octanol–water partition coefficient (Wildman–Crippen LogP) is 3.49. The third-order valence-electron chi connectivity index (χ3n) is 4.46. The van der Waals surface area contributed by atoms with Gasteiger partial charge in [0.1, 0.15) is 0 Å². The molecule has 0 radical (unpaired) electrons. The molecule has 0 atom stereocenters. The molecule has 0 aromatic heterocycles. The van der Waals surface area contributed by atoms with Crippen molar-refractivity contribution in [1.29, 1.82) is 0 Å². The van der Waals surface area contributed by atoms with Crippen molar-refractivity contribution >= 4 is 30.1 Å². The molecule has 0 N–H and O–H groups in total. The molecule has 7 heteroatoms. The van der Waals surface area contributed by atoms with Crippen LogP contribution >= 0.6 is 12.4 Å². The standard InChI is InChI=1S/C20H21N3O3.ClH/c24-20(18-8-10-19(11-9-18)23(25)26)22-15-13-21(14-16-22)12-4-7-17-5-2-1-3-6-17;/h1-11H,12-16H2;1H/b7-4+;. The molecule has 2 aromatic carbocycles. The molecular formula is C20H22ClN3O3. The highest BCUT2D eigenvalue weighted by Gasteiger charge is 2.21. The Balaban J connectivity index is 0.00000261. The Morgan fingerprint density at radius 3 is 2.22 bits per heavy atom. The third kappa shape index (κ3) is 5.64. The molecule has 1 saturated heterocycles. The molecule has 6 nitrogen and oxygen atoms in total. The lowest BCUT2D eigenvalue weighted by Gasteiger charge is -2.34. The minimum Gasteiger partial charge on any atom is -0.336 e. The summed E-state index contributed by atoms with van der Waals surface area (Å²) in [6, 6.07) is 16.0. The molecule has 1 heterocycles. The Labute approximate surface area is 164 Å². The van der Waals surface area contributed by atoms with Crippen LogP contribution in [0.25, 0.3) is 6.08 Å². The second-order valence-electron chi connectivity index (χ2n) is 6.21. The lowest BCUT2D eigenvalue weighted by Crippen LogP contribution is -2.48. The zero-order valence-electron chi connectivity index (χ0n) is 14.9. The molecule has 0 spiro atoms. The van der Waals surface area contributed by atoms with Crippen molar-refractivity contribution in [1.82, 2.24) is 9.80 Å². The van der Waals surface area contributed by atoms with Crippen molar-refractivity contribution in [3.63, 3.8) is 0 Å². The van der Waals surface area contributed by atoms with Crippen LogP contribution in [0.2, 0.25) is 0 Å². The van der Waals surface area contributed by atoms with E-state index in [9.17, 15) is 14.9 Å². The van der Waals surface area contributed by atoms with E-state index in [2.05, 4.69) is 29.2 Å². The van der Waals surface area contributed by atoms with E-state index in [4.69, 9.17) is 0 Å². The van der Waals surface area contributed by atoms with E-state index in [-0.39, 0.29) is 24.0 Å². The average Bonchev–Trinajstić information content (AvgIpc) is 2.69. The van der Waals surface area contributed by atoms with Gasteiger partial charge >= 0.3 is 0 Å². The molecule has 1 aliphatic heterocycles. The number of nitro groups is 1. The Morgan fingerprint density at radius 1 is 1.00 bits per heavy atom. The van der Waals surface area contributed by atoms with Crippen LogP contribution in [0.15, 0.2) is 60.7 Å². The van der Waals surface area contributed by atoms with Crippen molar-refractivity contribution in [3.05, 3.63) is 81.9 Å². The van der Waals surface area contributed by atoms with Gasteiger partial charge in [-0.2, -0.15) is 0 Å². The summed E-state index contributed by atoms with van der Waals surface area (Å²) >= 11 is 0. The largest absolute Gasteiger partial charge is 0.336 e. The van der Waals surface area contributed by atoms with Gasteiger partial charge in [-0.15, -0.1) is 12.4 Å². The van der Waals surface area contributed by atoms with Crippen LogP contribution in [-0.4, -0.2) is 53.4 Å². The zero-order chi connectivity index (χ0) is 18.4. The number of nitrogens with zero attached hydrogens (tertiary/aromatic N) is 3. The number of hydrogen-bond acceptors (Lipinski definition) is 4. The topological polar surface area (TPSA) is 66.7 Å². The fourth-order valence-corrected chi connectivity index (χ4v) is 2.94. The van der Waals surface area contributed by atoms with Crippen LogP contribution in [0.3, 0.4) is 0 Å². The van der Waals surface area contributed by atoms with E-state index in [0.717, 1.165) is 19.6 Å². The molecule has 27 heavy (non-hydrogen) atoms. The zero-order valence-corrected chi connectivity index (χ0v) is 15.7. The highest BCUT2D eigenvalue weighted by Crippen LogP contribution is 2.14. The van der Waals surface area contributed by atoms with Gasteiger partial charge in [-0.1, -0.05) is 42.5 Å². The van der Waals surface area contributed by atoms with Crippen LogP contribution in [0.5, 0.6) is 0 Å². The minimum atomic E-state index is -0.462. The Hall–Kier alpha value is -2.70. The SMILES string of the molecule is Cl.O=C(c1ccc([N+](=O)[O-])cc1)N1CCN(C/C=C/c2ccccc2)CC1. The summed E-state index contributed by atoms with van der Waals surface area (Å²) in [7, 11) is 0. The maximum Gasteiger partial charge on any atom is 0.269 e. The van der Waals surface area contributed by atoms with E-state index in [1.54, 1.807) is 4.90 Å². The summed E-state index contributed by atoms with van der Waals surface area (Å²) in [5.41, 5.74) is 1.67. The number of carbonyl (C=O) groups excluding carboxylic acids is 1. The monoisotopic (exact) mass is 387 g/mol. The van der Waals surface area contributed by atoms with Gasteiger partial charge < -0.3 is 4.90 Å². The summed E-state index contributed by atoms with van der Waals surface area (Å²) in [6.07, 6.45) is 4.25. The average molecular weight is 388 g/mol. The predicted molar refractivity (Wildman–Crippen MR) is 108 cm³/mol. The molecule has 1 fully saturated rings. The summed E-state index contributed by atoms with van der Waals surface area (Å²) in [5, 5.41) is 10.7. The van der Waals surface area contributed by atoms with Gasteiger partial charge in [-0.3, -0.25) is 19.8 Å². The molecule has 0 unspecified atom stereocenters. The number of carbonyl (C=O) groups is 1. The Bertz CT molecular complexity index is 786. The molecular weight excluding hydrogens is 366 g/mol. The Morgan fingerprint density at radius 2 is 1.63 bits per heavy atom. The number of non-ortho nitro benzene ring substituents is 1. The molecule has 1 amide bonds. The van der Waals surface area contributed by atoms with Crippen LogP contribution in [-0.2, 0) is 0 Å². The molecule has 1 aliphatic rings. The molecule has 0 aliphatic carbocycles. The molecule has 0 bridgehead atoms. The second-order valence-corrected chi connectivity index (χ2v) is 6.21. The minimum absolute atomic E-state index is 0. The Kier molecular flexibility index (Phi) is 7.52. The maximum atomic E-state index is 12.5. The first-order valence-electron chi connectivity index (χ1n) is 8.61. The molecule has 142 valence electrons. The van der Waals surface area contributed by atoms with E-state index in [1.165, 1.54) is 29.8 Å². The van der Waals surface area contributed by atoms with Crippen molar-refractivity contribution < 1.29 is 9.72 Å². The number of halogens is 1. The van der Waals surface area contributed by atoms with Gasteiger partial charge in [0.2, 0.25) is 0 Å². The van der Waals surface area contributed by atoms with Crippen molar-refractivity contribution in [2.24, 2.45) is 0 Å². The fraction of sp³-hybridized carbons (Fsp3) is 0.250. The molecule has 3 rings (SSSR count). The highest BCUT2D eigenvalue weighted by atomic mass is 35.5. The van der Waals surface area contributed by atoms with Crippen molar-refractivity contribution in [2.45, 2.75) is 0 Å². The highest BCUT2D eigenvalue weighted by molar-refractivity contribution is 5.94. The normalized spacial score (nSPS) is 14.7. The van der Waals surface area contributed by atoms with E-state index in [0.29, 0.717) is 18.7 Å². The van der Waals surface area contributed by atoms with Crippen molar-refractivity contribution in [2.75, 3.05) is 32.7 Å². The summed E-state index contributed by atoms with van der Waals surface area (Å²) < 4.78 is 0. The summed E-state index contributed by atoms with van der Waals surface area (Å²) in [6.45, 7) is 3.81. The number of hydrogen-bond donors (Lipinski definition) is 0. The molecule has 2 aromatic rings. The number of piperazine rings is 1. The van der Waals surface area contributed by atoms with Crippen molar-refractivity contribution in [3.8, 4) is 0 Å². The van der Waals surface area contributed by atoms with E-state index in [1.807, 2.05) is 18.2 Å². The number of amides is 1. The third-order valence-corrected chi connectivity index (χ3v) is 4.46. The van der Waals surface area contributed by atoms with Gasteiger partial charge in [0.15, 0.2) is 0 Å². The van der Waals surface area contributed by atoms with Gasteiger partial charge in [0.05, 0.1) is 4.92 Å². The summed E-state index contributed by atoms with van der Waals surface area (Å²) in [4.78, 5) is 26.9. The smallest absolute Gasteiger partial charge is 0.269 e. The molecule has 0 saturated carbocycles. The van der Waals surface area contributed by atoms with E-state index >= 15 is 0 Å². The van der Waals surface area contributed by atoms with E-state index < -0.39 is 4.92 Å². The quantitative estimate of drug-likeness (QED) is 0.581. The first kappa shape index (κ1) is 20.6. The van der Waals surface area contributed by atoms with Gasteiger partial charge in [-0.05, 0) is 17.7 Å². The van der Waals surface area contributed by atoms with Crippen LogP contribution in [0, 0.1) is 10.1 Å². The van der Waals surface area contributed by atoms with Crippen LogP contribution in [0.4, 0.5) is 5.69 Å². The fourth-order valence-electron chi connectivity index (χ4n) is 2.94. The van der Waals surface area contributed by atoms with Crippen LogP contribution < -0.4 is 0 Å². The first-order chi connectivity index (χ1) is 12.6. The number of nitro benzene ring substituents is 1.